The standard InChI is InChI=1S/C32H43NO3/c1-30(2)19-35-32(36-20-30)15-14-24-23(17-32)10-11-25-27-12-13-28(34)31(27,3)18-26(29(24)25)22-8-6-21(7-9-22)5-4-16-33/h6-9,23,25-28,34H,10-20,33H2,1-3H3/t23?,25?,26?,27?,28?,31-/m0/s1. The van der Waals surface area contributed by atoms with Crippen molar-refractivity contribution in [3.8, 4) is 11.8 Å². The van der Waals surface area contributed by atoms with Crippen molar-refractivity contribution in [3.63, 3.8) is 0 Å². The lowest BCUT2D eigenvalue weighted by molar-refractivity contribution is -0.312. The molecule has 5 aliphatic rings. The van der Waals surface area contributed by atoms with Gasteiger partial charge in [-0.15, -0.1) is 0 Å². The Morgan fingerprint density at radius 2 is 1.75 bits per heavy atom. The molecule has 4 nitrogen and oxygen atoms in total. The first kappa shape index (κ1) is 24.7. The van der Waals surface area contributed by atoms with E-state index in [4.69, 9.17) is 15.2 Å². The van der Waals surface area contributed by atoms with Crippen LogP contribution < -0.4 is 5.73 Å². The van der Waals surface area contributed by atoms with Gasteiger partial charge in [0, 0.05) is 29.7 Å². The van der Waals surface area contributed by atoms with Crippen LogP contribution in [0.25, 0.3) is 0 Å². The predicted octanol–water partition coefficient (Wildman–Crippen LogP) is 5.54. The molecule has 1 heterocycles. The van der Waals surface area contributed by atoms with E-state index in [0.29, 0.717) is 30.2 Å². The fourth-order valence-corrected chi connectivity index (χ4v) is 8.45. The molecule has 0 radical (unpaired) electrons. The van der Waals surface area contributed by atoms with Crippen molar-refractivity contribution in [3.05, 3.63) is 46.5 Å². The minimum Gasteiger partial charge on any atom is -0.393 e. The number of aliphatic hydroxyl groups excluding tert-OH is 1. The minimum absolute atomic E-state index is 0.00131. The number of nitrogens with two attached hydrogens (primary N) is 1. The Balaban J connectivity index is 1.36. The highest BCUT2D eigenvalue weighted by Gasteiger charge is 2.57. The van der Waals surface area contributed by atoms with Crippen LogP contribution in [0.4, 0.5) is 0 Å². The number of ether oxygens (including phenoxy) is 2. The molecule has 1 saturated heterocycles. The molecular weight excluding hydrogens is 446 g/mol. The van der Waals surface area contributed by atoms with Gasteiger partial charge in [0.15, 0.2) is 5.79 Å². The van der Waals surface area contributed by atoms with Crippen LogP contribution in [0.5, 0.6) is 0 Å². The van der Waals surface area contributed by atoms with Crippen LogP contribution in [0.15, 0.2) is 35.4 Å². The number of benzene rings is 1. The van der Waals surface area contributed by atoms with Crippen LogP contribution in [0.1, 0.15) is 89.2 Å². The molecule has 4 heteroatoms. The lowest BCUT2D eigenvalue weighted by Crippen LogP contribution is -2.52. The maximum Gasteiger partial charge on any atom is 0.169 e. The van der Waals surface area contributed by atoms with E-state index in [2.05, 4.69) is 56.9 Å². The zero-order valence-corrected chi connectivity index (χ0v) is 22.3. The molecule has 36 heavy (non-hydrogen) atoms. The highest BCUT2D eigenvalue weighted by molar-refractivity contribution is 5.44. The predicted molar refractivity (Wildman–Crippen MR) is 142 cm³/mol. The lowest BCUT2D eigenvalue weighted by atomic mass is 9.52. The monoisotopic (exact) mass is 489 g/mol. The Bertz CT molecular complexity index is 1080. The van der Waals surface area contributed by atoms with Gasteiger partial charge in [-0.2, -0.15) is 0 Å². The topological polar surface area (TPSA) is 64.7 Å². The summed E-state index contributed by atoms with van der Waals surface area (Å²) in [6, 6.07) is 8.87. The van der Waals surface area contributed by atoms with E-state index in [0.717, 1.165) is 57.3 Å². The van der Waals surface area contributed by atoms with Gasteiger partial charge in [-0.1, -0.05) is 55.9 Å². The Labute approximate surface area is 217 Å². The van der Waals surface area contributed by atoms with Crippen LogP contribution in [-0.2, 0) is 9.47 Å². The summed E-state index contributed by atoms with van der Waals surface area (Å²) in [5, 5.41) is 11.1. The summed E-state index contributed by atoms with van der Waals surface area (Å²) in [6.45, 7) is 8.79. The second-order valence-corrected chi connectivity index (χ2v) is 13.3. The first-order chi connectivity index (χ1) is 17.2. The quantitative estimate of drug-likeness (QED) is 0.402. The summed E-state index contributed by atoms with van der Waals surface area (Å²) in [7, 11) is 0. The second kappa shape index (κ2) is 8.98. The molecule has 3 saturated carbocycles. The molecule has 6 rings (SSSR count). The normalized spacial score (nSPS) is 38.5. The van der Waals surface area contributed by atoms with Gasteiger partial charge in [0.05, 0.1) is 25.9 Å². The van der Waals surface area contributed by atoms with Gasteiger partial charge in [0.1, 0.15) is 0 Å². The SMILES string of the molecule is CC1(C)COC2(CCC3=C4C(c5ccc(C#CCN)cc5)C[C@]5(C)C(O)CCC5C4CCC3C2)OC1. The van der Waals surface area contributed by atoms with Crippen molar-refractivity contribution in [1.82, 2.24) is 0 Å². The summed E-state index contributed by atoms with van der Waals surface area (Å²) < 4.78 is 12.9. The molecule has 1 aromatic rings. The molecule has 1 aromatic carbocycles. The zero-order valence-electron chi connectivity index (χ0n) is 22.3. The molecule has 4 aliphatic carbocycles. The molecule has 0 aromatic heterocycles. The first-order valence-corrected chi connectivity index (χ1v) is 14.2. The Morgan fingerprint density at radius 1 is 1.00 bits per heavy atom. The van der Waals surface area contributed by atoms with Gasteiger partial charge >= 0.3 is 0 Å². The molecule has 1 spiro atoms. The molecule has 0 bridgehead atoms. The molecule has 3 N–H and O–H groups in total. The van der Waals surface area contributed by atoms with E-state index < -0.39 is 0 Å². The molecular formula is C32H43NO3. The van der Waals surface area contributed by atoms with Crippen molar-refractivity contribution in [2.45, 2.75) is 89.9 Å². The van der Waals surface area contributed by atoms with E-state index >= 15 is 0 Å². The summed E-state index contributed by atoms with van der Waals surface area (Å²) >= 11 is 0. The largest absolute Gasteiger partial charge is 0.393 e. The van der Waals surface area contributed by atoms with Gasteiger partial charge in [-0.3, -0.25) is 0 Å². The van der Waals surface area contributed by atoms with E-state index in [1.54, 1.807) is 11.1 Å². The Kier molecular flexibility index (Phi) is 6.16. The van der Waals surface area contributed by atoms with Gasteiger partial charge in [-0.25, -0.2) is 0 Å². The fraction of sp³-hybridized carbons (Fsp3) is 0.688. The summed E-state index contributed by atoms with van der Waals surface area (Å²) in [5.74, 6) is 7.88. The highest BCUT2D eigenvalue weighted by atomic mass is 16.7. The number of rotatable bonds is 1. The van der Waals surface area contributed by atoms with E-state index in [9.17, 15) is 5.11 Å². The molecule has 6 atom stereocenters. The Morgan fingerprint density at radius 3 is 2.47 bits per heavy atom. The van der Waals surface area contributed by atoms with E-state index in [-0.39, 0.29) is 22.7 Å². The number of aliphatic hydroxyl groups is 1. The van der Waals surface area contributed by atoms with Crippen LogP contribution in [0.2, 0.25) is 0 Å². The van der Waals surface area contributed by atoms with E-state index in [1.165, 1.54) is 18.4 Å². The molecule has 0 amide bonds. The van der Waals surface area contributed by atoms with Crippen molar-refractivity contribution in [2.24, 2.45) is 34.3 Å². The number of fused-ring (bicyclic) bond motifs is 4. The molecule has 1 aliphatic heterocycles. The Hall–Kier alpha value is -1.64. The molecule has 4 fully saturated rings. The van der Waals surface area contributed by atoms with Crippen molar-refractivity contribution in [1.29, 1.82) is 0 Å². The second-order valence-electron chi connectivity index (χ2n) is 13.3. The van der Waals surface area contributed by atoms with Crippen LogP contribution in [0, 0.1) is 40.4 Å². The van der Waals surface area contributed by atoms with Crippen LogP contribution >= 0.6 is 0 Å². The summed E-state index contributed by atoms with van der Waals surface area (Å²) in [6.07, 6.45) is 8.47. The van der Waals surface area contributed by atoms with Gasteiger partial charge in [0.2, 0.25) is 0 Å². The lowest BCUT2D eigenvalue weighted by Gasteiger charge is -2.55. The summed E-state index contributed by atoms with van der Waals surface area (Å²) in [4.78, 5) is 0. The van der Waals surface area contributed by atoms with Crippen molar-refractivity contribution in [2.75, 3.05) is 19.8 Å². The number of allylic oxidation sites excluding steroid dienone is 2. The fourth-order valence-electron chi connectivity index (χ4n) is 8.45. The van der Waals surface area contributed by atoms with Crippen LogP contribution in [0.3, 0.4) is 0 Å². The van der Waals surface area contributed by atoms with Crippen LogP contribution in [-0.4, -0.2) is 36.8 Å². The average molecular weight is 490 g/mol. The smallest absolute Gasteiger partial charge is 0.169 e. The highest BCUT2D eigenvalue weighted by Crippen LogP contribution is 2.64. The van der Waals surface area contributed by atoms with Gasteiger partial charge < -0.3 is 20.3 Å². The van der Waals surface area contributed by atoms with Crippen molar-refractivity contribution >= 4 is 0 Å². The summed E-state index contributed by atoms with van der Waals surface area (Å²) in [5.41, 5.74) is 11.5. The first-order valence-electron chi connectivity index (χ1n) is 14.2. The van der Waals surface area contributed by atoms with E-state index in [1.807, 2.05) is 0 Å². The molecule has 5 unspecified atom stereocenters. The van der Waals surface area contributed by atoms with Gasteiger partial charge in [0.25, 0.3) is 0 Å². The van der Waals surface area contributed by atoms with Crippen molar-refractivity contribution < 1.29 is 14.6 Å². The average Bonchev–Trinajstić information content (AvgIpc) is 3.18. The third-order valence-corrected chi connectivity index (χ3v) is 10.4. The maximum atomic E-state index is 11.1. The third-order valence-electron chi connectivity index (χ3n) is 10.4. The maximum absolute atomic E-state index is 11.1. The van der Waals surface area contributed by atoms with Gasteiger partial charge in [-0.05, 0) is 79.4 Å². The zero-order chi connectivity index (χ0) is 25.1. The number of hydrogen-bond donors (Lipinski definition) is 2. The number of hydrogen-bond acceptors (Lipinski definition) is 4. The minimum atomic E-state index is -0.386. The molecule has 194 valence electrons. The third kappa shape index (κ3) is 4.08.